The zero-order valence-corrected chi connectivity index (χ0v) is 7.63. The van der Waals surface area contributed by atoms with Gasteiger partial charge in [0, 0.05) is 24.5 Å². The standard InChI is InChI=1S/C8H11BN2O3/c12-9(13)6-4-10-8(11-5-6)7-2-1-3-14-7/h4-5,7,12-13H,1-3H2. The Kier molecular flexibility index (Phi) is 2.76. The Balaban J connectivity index is 2.12. The van der Waals surface area contributed by atoms with Crippen LogP contribution in [0.2, 0.25) is 0 Å². The highest BCUT2D eigenvalue weighted by Gasteiger charge is 2.21. The Morgan fingerprint density at radius 1 is 1.36 bits per heavy atom. The molecule has 1 atom stereocenters. The molecule has 0 spiro atoms. The van der Waals surface area contributed by atoms with E-state index in [4.69, 9.17) is 14.8 Å². The molecule has 0 aliphatic carbocycles. The molecule has 1 unspecified atom stereocenters. The lowest BCUT2D eigenvalue weighted by Gasteiger charge is -2.07. The van der Waals surface area contributed by atoms with Crippen LogP contribution in [-0.4, -0.2) is 33.7 Å². The van der Waals surface area contributed by atoms with Crippen LogP contribution in [0.25, 0.3) is 0 Å². The zero-order valence-electron chi connectivity index (χ0n) is 7.63. The van der Waals surface area contributed by atoms with E-state index in [0.29, 0.717) is 11.3 Å². The lowest BCUT2D eigenvalue weighted by atomic mass is 9.83. The number of hydrogen-bond acceptors (Lipinski definition) is 5. The van der Waals surface area contributed by atoms with Crippen LogP contribution in [0.1, 0.15) is 24.8 Å². The second-order valence-electron chi connectivity index (χ2n) is 3.25. The fourth-order valence-corrected chi connectivity index (χ4v) is 1.43. The molecule has 1 aromatic heterocycles. The molecule has 5 nitrogen and oxygen atoms in total. The molecule has 1 saturated heterocycles. The molecule has 14 heavy (non-hydrogen) atoms. The van der Waals surface area contributed by atoms with Crippen LogP contribution in [0.4, 0.5) is 0 Å². The maximum atomic E-state index is 8.82. The van der Waals surface area contributed by atoms with Gasteiger partial charge in [-0.2, -0.15) is 0 Å². The average Bonchev–Trinajstić information content (AvgIpc) is 2.71. The molecule has 74 valence electrons. The van der Waals surface area contributed by atoms with E-state index in [1.807, 2.05) is 0 Å². The highest BCUT2D eigenvalue weighted by atomic mass is 16.5. The Morgan fingerprint density at radius 2 is 2.07 bits per heavy atom. The SMILES string of the molecule is OB(O)c1cnc(C2CCCO2)nc1. The smallest absolute Gasteiger partial charge is 0.423 e. The normalized spacial score (nSPS) is 21.1. The molecule has 0 radical (unpaired) electrons. The summed E-state index contributed by atoms with van der Waals surface area (Å²) in [6.45, 7) is 0.748. The third-order valence-corrected chi connectivity index (χ3v) is 2.21. The van der Waals surface area contributed by atoms with Crippen LogP contribution in [0.5, 0.6) is 0 Å². The molecule has 0 saturated carbocycles. The van der Waals surface area contributed by atoms with Crippen molar-refractivity contribution in [2.45, 2.75) is 18.9 Å². The molecule has 1 aromatic rings. The zero-order chi connectivity index (χ0) is 9.97. The van der Waals surface area contributed by atoms with E-state index in [1.54, 1.807) is 0 Å². The average molecular weight is 194 g/mol. The predicted octanol–water partition coefficient (Wildman–Crippen LogP) is -0.992. The summed E-state index contributed by atoms with van der Waals surface area (Å²) in [6.07, 6.45) is 4.75. The van der Waals surface area contributed by atoms with Crippen molar-refractivity contribution < 1.29 is 14.8 Å². The maximum Gasteiger partial charge on any atom is 0.491 e. The van der Waals surface area contributed by atoms with Gasteiger partial charge in [-0.25, -0.2) is 9.97 Å². The molecular formula is C8H11BN2O3. The monoisotopic (exact) mass is 194 g/mol. The minimum atomic E-state index is -1.51. The van der Waals surface area contributed by atoms with Gasteiger partial charge in [-0.3, -0.25) is 0 Å². The summed E-state index contributed by atoms with van der Waals surface area (Å²) in [7, 11) is -1.51. The summed E-state index contributed by atoms with van der Waals surface area (Å²) in [5, 5.41) is 17.6. The first-order chi connectivity index (χ1) is 6.77. The lowest BCUT2D eigenvalue weighted by molar-refractivity contribution is 0.105. The topological polar surface area (TPSA) is 75.5 Å². The highest BCUT2D eigenvalue weighted by Crippen LogP contribution is 2.24. The summed E-state index contributed by atoms with van der Waals surface area (Å²) >= 11 is 0. The fraction of sp³-hybridized carbons (Fsp3) is 0.500. The Hall–Kier alpha value is -0.975. The van der Waals surface area contributed by atoms with Crippen molar-refractivity contribution >= 4 is 12.6 Å². The molecule has 0 bridgehead atoms. The van der Waals surface area contributed by atoms with Gasteiger partial charge in [-0.15, -0.1) is 0 Å². The van der Waals surface area contributed by atoms with Crippen molar-refractivity contribution in [2.75, 3.05) is 6.61 Å². The first-order valence-electron chi connectivity index (χ1n) is 4.57. The first kappa shape index (κ1) is 9.58. The van der Waals surface area contributed by atoms with E-state index in [1.165, 1.54) is 12.4 Å². The molecular weight excluding hydrogens is 183 g/mol. The summed E-state index contributed by atoms with van der Waals surface area (Å²) < 4.78 is 5.39. The molecule has 0 amide bonds. The van der Waals surface area contributed by atoms with Crippen LogP contribution in [0, 0.1) is 0 Å². The van der Waals surface area contributed by atoms with Crippen molar-refractivity contribution in [1.29, 1.82) is 0 Å². The predicted molar refractivity (Wildman–Crippen MR) is 49.8 cm³/mol. The summed E-state index contributed by atoms with van der Waals surface area (Å²) in [5.74, 6) is 0.618. The van der Waals surface area contributed by atoms with Crippen molar-refractivity contribution in [3.05, 3.63) is 18.2 Å². The van der Waals surface area contributed by atoms with Gasteiger partial charge >= 0.3 is 7.12 Å². The molecule has 2 N–H and O–H groups in total. The fourth-order valence-electron chi connectivity index (χ4n) is 1.43. The van der Waals surface area contributed by atoms with Crippen LogP contribution in [0.3, 0.4) is 0 Å². The molecule has 1 fully saturated rings. The number of rotatable bonds is 2. The van der Waals surface area contributed by atoms with Crippen LogP contribution < -0.4 is 5.46 Å². The minimum absolute atomic E-state index is 0.0279. The van der Waals surface area contributed by atoms with Gasteiger partial charge in [0.15, 0.2) is 5.82 Å². The van der Waals surface area contributed by atoms with E-state index in [9.17, 15) is 0 Å². The van der Waals surface area contributed by atoms with Crippen molar-refractivity contribution in [3.63, 3.8) is 0 Å². The van der Waals surface area contributed by atoms with Crippen LogP contribution in [-0.2, 0) is 4.74 Å². The van der Waals surface area contributed by atoms with Crippen LogP contribution in [0.15, 0.2) is 12.4 Å². The van der Waals surface area contributed by atoms with Crippen molar-refractivity contribution in [2.24, 2.45) is 0 Å². The van der Waals surface area contributed by atoms with Crippen LogP contribution >= 0.6 is 0 Å². The quantitative estimate of drug-likeness (QED) is 0.591. The lowest BCUT2D eigenvalue weighted by Crippen LogP contribution is -2.31. The van der Waals surface area contributed by atoms with Gasteiger partial charge in [0.25, 0.3) is 0 Å². The third kappa shape index (κ3) is 1.92. The molecule has 1 aliphatic rings. The van der Waals surface area contributed by atoms with Crippen molar-refractivity contribution in [1.82, 2.24) is 9.97 Å². The van der Waals surface area contributed by atoms with Gasteiger partial charge in [-0.1, -0.05) is 0 Å². The minimum Gasteiger partial charge on any atom is -0.423 e. The van der Waals surface area contributed by atoms with Crippen molar-refractivity contribution in [3.8, 4) is 0 Å². The summed E-state index contributed by atoms with van der Waals surface area (Å²) in [6, 6.07) is 0. The van der Waals surface area contributed by atoms with Gasteiger partial charge < -0.3 is 14.8 Å². The third-order valence-electron chi connectivity index (χ3n) is 2.21. The van der Waals surface area contributed by atoms with E-state index >= 15 is 0 Å². The van der Waals surface area contributed by atoms with Gasteiger partial charge in [0.2, 0.25) is 0 Å². The first-order valence-corrected chi connectivity index (χ1v) is 4.57. The molecule has 6 heteroatoms. The van der Waals surface area contributed by atoms with E-state index in [0.717, 1.165) is 19.4 Å². The molecule has 1 aliphatic heterocycles. The summed E-state index contributed by atoms with van der Waals surface area (Å²) in [5.41, 5.74) is 0.298. The Morgan fingerprint density at radius 3 is 2.57 bits per heavy atom. The number of hydrogen-bond donors (Lipinski definition) is 2. The van der Waals surface area contributed by atoms with E-state index < -0.39 is 7.12 Å². The highest BCUT2D eigenvalue weighted by molar-refractivity contribution is 6.58. The number of aromatic nitrogens is 2. The van der Waals surface area contributed by atoms with Gasteiger partial charge in [-0.05, 0) is 12.8 Å². The maximum absolute atomic E-state index is 8.82. The second-order valence-corrected chi connectivity index (χ2v) is 3.25. The molecule has 0 aromatic carbocycles. The Bertz CT molecular complexity index is 298. The molecule has 2 heterocycles. The van der Waals surface area contributed by atoms with E-state index in [-0.39, 0.29) is 6.10 Å². The second kappa shape index (κ2) is 4.04. The molecule has 2 rings (SSSR count). The van der Waals surface area contributed by atoms with Gasteiger partial charge in [0.05, 0.1) is 0 Å². The van der Waals surface area contributed by atoms with E-state index in [2.05, 4.69) is 9.97 Å². The Labute approximate surface area is 81.9 Å². The number of ether oxygens (including phenoxy) is 1. The largest absolute Gasteiger partial charge is 0.491 e. The number of nitrogens with zero attached hydrogens (tertiary/aromatic N) is 2. The summed E-state index contributed by atoms with van der Waals surface area (Å²) in [4.78, 5) is 8.05. The van der Waals surface area contributed by atoms with Gasteiger partial charge in [0.1, 0.15) is 6.10 Å².